The number of aliphatic hydroxyl groups is 1. The zero-order chi connectivity index (χ0) is 13.2. The Morgan fingerprint density at radius 1 is 1.33 bits per heavy atom. The molecule has 1 saturated carbocycles. The zero-order valence-corrected chi connectivity index (χ0v) is 12.3. The van der Waals surface area contributed by atoms with Crippen molar-refractivity contribution in [2.45, 2.75) is 37.8 Å². The van der Waals surface area contributed by atoms with Crippen molar-refractivity contribution in [3.05, 3.63) is 28.2 Å². The van der Waals surface area contributed by atoms with Crippen molar-refractivity contribution in [3.8, 4) is 5.75 Å². The van der Waals surface area contributed by atoms with Gasteiger partial charge in [-0.15, -0.1) is 0 Å². The average Bonchev–Trinajstić information content (AvgIpc) is 2.70. The highest BCUT2D eigenvalue weighted by atomic mass is 79.9. The molecule has 2 rings (SSSR count). The lowest BCUT2D eigenvalue weighted by molar-refractivity contribution is 0.0145. The van der Waals surface area contributed by atoms with Gasteiger partial charge >= 0.3 is 0 Å². The molecule has 0 aromatic heterocycles. The molecule has 0 radical (unpaired) electrons. The van der Waals surface area contributed by atoms with Gasteiger partial charge in [0, 0.05) is 17.6 Å². The van der Waals surface area contributed by atoms with E-state index >= 15 is 0 Å². The van der Waals surface area contributed by atoms with E-state index in [-0.39, 0.29) is 5.75 Å². The van der Waals surface area contributed by atoms with Crippen molar-refractivity contribution < 1.29 is 10.2 Å². The van der Waals surface area contributed by atoms with Gasteiger partial charge in [0.15, 0.2) is 0 Å². The molecule has 0 unspecified atom stereocenters. The third-order valence-corrected chi connectivity index (χ3v) is 4.34. The molecule has 1 aliphatic rings. The Morgan fingerprint density at radius 3 is 2.67 bits per heavy atom. The van der Waals surface area contributed by atoms with Gasteiger partial charge in [-0.05, 0) is 43.7 Å². The van der Waals surface area contributed by atoms with Crippen LogP contribution < -0.4 is 0 Å². The minimum Gasteiger partial charge on any atom is -0.508 e. The number of hydrogen-bond acceptors (Lipinski definition) is 3. The molecule has 0 atom stereocenters. The normalized spacial score (nSPS) is 18.4. The lowest BCUT2D eigenvalue weighted by atomic mass is 10.0. The maximum atomic E-state index is 10.4. The van der Waals surface area contributed by atoms with Crippen LogP contribution in [0.25, 0.3) is 0 Å². The number of benzene rings is 1. The van der Waals surface area contributed by atoms with Gasteiger partial charge in [0.1, 0.15) is 5.75 Å². The molecule has 4 heteroatoms. The first-order valence-electron chi connectivity index (χ1n) is 6.37. The van der Waals surface area contributed by atoms with E-state index in [1.807, 2.05) is 13.1 Å². The van der Waals surface area contributed by atoms with Crippen LogP contribution >= 0.6 is 15.9 Å². The summed E-state index contributed by atoms with van der Waals surface area (Å²) in [6.45, 7) is 1.41. The molecule has 2 N–H and O–H groups in total. The highest BCUT2D eigenvalue weighted by Gasteiger charge is 2.32. The number of aromatic hydroxyl groups is 1. The van der Waals surface area contributed by atoms with Crippen LogP contribution in [-0.4, -0.2) is 34.3 Å². The van der Waals surface area contributed by atoms with E-state index in [0.29, 0.717) is 6.54 Å². The highest BCUT2D eigenvalue weighted by Crippen LogP contribution is 2.31. The number of likely N-dealkylation sites (N-methyl/N-ethyl adjacent to an activating group) is 1. The highest BCUT2D eigenvalue weighted by molar-refractivity contribution is 9.10. The fourth-order valence-corrected chi connectivity index (χ4v) is 3.09. The second-order valence-electron chi connectivity index (χ2n) is 5.38. The summed E-state index contributed by atoms with van der Waals surface area (Å²) in [5.74, 6) is 0.279. The monoisotopic (exact) mass is 313 g/mol. The molecule has 100 valence electrons. The van der Waals surface area contributed by atoms with Gasteiger partial charge in [0.2, 0.25) is 0 Å². The van der Waals surface area contributed by atoms with E-state index in [0.717, 1.165) is 42.3 Å². The number of halogens is 1. The lowest BCUT2D eigenvalue weighted by Gasteiger charge is -2.28. The summed E-state index contributed by atoms with van der Waals surface area (Å²) in [7, 11) is 2.01. The van der Waals surface area contributed by atoms with Crippen molar-refractivity contribution in [1.82, 2.24) is 4.90 Å². The van der Waals surface area contributed by atoms with E-state index in [4.69, 9.17) is 0 Å². The first-order chi connectivity index (χ1) is 8.48. The van der Waals surface area contributed by atoms with Gasteiger partial charge in [-0.3, -0.25) is 4.90 Å². The van der Waals surface area contributed by atoms with Crippen molar-refractivity contribution in [1.29, 1.82) is 0 Å². The SMILES string of the molecule is CN(Cc1cc(O)ccc1Br)CC1(O)CCCC1. The summed E-state index contributed by atoms with van der Waals surface area (Å²) in [6, 6.07) is 5.28. The predicted octanol–water partition coefficient (Wildman–Crippen LogP) is 2.89. The van der Waals surface area contributed by atoms with Crippen LogP contribution in [0.3, 0.4) is 0 Å². The molecule has 0 saturated heterocycles. The molecular formula is C14H20BrNO2. The quantitative estimate of drug-likeness (QED) is 0.898. The molecule has 0 spiro atoms. The minimum atomic E-state index is -0.516. The first kappa shape index (κ1) is 13.8. The fraction of sp³-hybridized carbons (Fsp3) is 0.571. The van der Waals surface area contributed by atoms with Crippen LogP contribution in [0.1, 0.15) is 31.2 Å². The van der Waals surface area contributed by atoms with Crippen molar-refractivity contribution >= 4 is 15.9 Å². The Labute approximate surface area is 117 Å². The number of rotatable bonds is 4. The van der Waals surface area contributed by atoms with Gasteiger partial charge in [0.25, 0.3) is 0 Å². The Morgan fingerprint density at radius 2 is 2.00 bits per heavy atom. The Balaban J connectivity index is 1.98. The second kappa shape index (κ2) is 5.59. The number of phenols is 1. The molecule has 0 amide bonds. The molecule has 3 nitrogen and oxygen atoms in total. The molecule has 1 aromatic carbocycles. The van der Waals surface area contributed by atoms with E-state index in [1.165, 1.54) is 0 Å². The number of phenolic OH excluding ortho intramolecular Hbond substituents is 1. The second-order valence-corrected chi connectivity index (χ2v) is 6.23. The van der Waals surface area contributed by atoms with Crippen LogP contribution in [0.15, 0.2) is 22.7 Å². The van der Waals surface area contributed by atoms with Gasteiger partial charge in [-0.2, -0.15) is 0 Å². The van der Waals surface area contributed by atoms with Crippen LogP contribution in [-0.2, 0) is 6.54 Å². The predicted molar refractivity (Wildman–Crippen MR) is 75.6 cm³/mol. The Bertz CT molecular complexity index is 416. The summed E-state index contributed by atoms with van der Waals surface area (Å²) < 4.78 is 0.991. The summed E-state index contributed by atoms with van der Waals surface area (Å²) in [5, 5.41) is 19.9. The zero-order valence-electron chi connectivity index (χ0n) is 10.7. The summed E-state index contributed by atoms with van der Waals surface area (Å²) in [6.07, 6.45) is 4.05. The molecule has 1 aromatic rings. The maximum absolute atomic E-state index is 10.4. The van der Waals surface area contributed by atoms with E-state index in [1.54, 1.807) is 12.1 Å². The van der Waals surface area contributed by atoms with Gasteiger partial charge < -0.3 is 10.2 Å². The molecule has 1 aliphatic carbocycles. The molecule has 18 heavy (non-hydrogen) atoms. The van der Waals surface area contributed by atoms with Gasteiger partial charge in [-0.25, -0.2) is 0 Å². The van der Waals surface area contributed by atoms with Crippen LogP contribution in [0.4, 0.5) is 0 Å². The van der Waals surface area contributed by atoms with Crippen molar-refractivity contribution in [2.24, 2.45) is 0 Å². The smallest absolute Gasteiger partial charge is 0.115 e. The van der Waals surface area contributed by atoms with Crippen LogP contribution in [0, 0.1) is 0 Å². The molecule has 0 bridgehead atoms. The summed E-state index contributed by atoms with van der Waals surface area (Å²) in [5.41, 5.74) is 0.525. The minimum absolute atomic E-state index is 0.279. The molecule has 0 heterocycles. The van der Waals surface area contributed by atoms with E-state index in [2.05, 4.69) is 20.8 Å². The van der Waals surface area contributed by atoms with Crippen LogP contribution in [0.5, 0.6) is 5.75 Å². The third-order valence-electron chi connectivity index (χ3n) is 3.57. The third kappa shape index (κ3) is 3.46. The maximum Gasteiger partial charge on any atom is 0.115 e. The van der Waals surface area contributed by atoms with Gasteiger partial charge in [0.05, 0.1) is 5.60 Å². The van der Waals surface area contributed by atoms with Crippen molar-refractivity contribution in [2.75, 3.05) is 13.6 Å². The first-order valence-corrected chi connectivity index (χ1v) is 7.16. The Hall–Kier alpha value is -0.580. The lowest BCUT2D eigenvalue weighted by Crippen LogP contribution is -2.38. The Kier molecular flexibility index (Phi) is 4.30. The number of nitrogens with zero attached hydrogens (tertiary/aromatic N) is 1. The average molecular weight is 314 g/mol. The summed E-state index contributed by atoms with van der Waals surface area (Å²) in [4.78, 5) is 2.12. The molecular weight excluding hydrogens is 294 g/mol. The fourth-order valence-electron chi connectivity index (χ4n) is 2.72. The molecule has 0 aliphatic heterocycles. The molecule has 1 fully saturated rings. The summed E-state index contributed by atoms with van der Waals surface area (Å²) >= 11 is 3.48. The van der Waals surface area contributed by atoms with Gasteiger partial charge in [-0.1, -0.05) is 28.8 Å². The number of hydrogen-bond donors (Lipinski definition) is 2. The van der Waals surface area contributed by atoms with Crippen LogP contribution in [0.2, 0.25) is 0 Å². The largest absolute Gasteiger partial charge is 0.508 e. The van der Waals surface area contributed by atoms with E-state index < -0.39 is 5.60 Å². The van der Waals surface area contributed by atoms with Crippen molar-refractivity contribution in [3.63, 3.8) is 0 Å². The van der Waals surface area contributed by atoms with E-state index in [9.17, 15) is 10.2 Å². The standard InChI is InChI=1S/C14H20BrNO2/c1-16(10-14(18)6-2-3-7-14)9-11-8-12(17)4-5-13(11)15/h4-5,8,17-18H,2-3,6-7,9-10H2,1H3. The topological polar surface area (TPSA) is 43.7 Å².